The molecule has 0 N–H and O–H groups in total. The fourth-order valence-electron chi connectivity index (χ4n) is 10.8. The molecule has 0 saturated heterocycles. The first kappa shape index (κ1) is 32.3. The van der Waals surface area contributed by atoms with Gasteiger partial charge in [-0.2, -0.15) is 0 Å². The molecule has 4 atom stereocenters. The fraction of sp³-hybridized carbons (Fsp3) is 0.170. The van der Waals surface area contributed by atoms with Crippen LogP contribution in [0.2, 0.25) is 0 Å². The molecule has 0 amide bonds. The van der Waals surface area contributed by atoms with E-state index in [1.54, 1.807) is 5.57 Å². The highest BCUT2D eigenvalue weighted by molar-refractivity contribution is 6.09. The predicted molar refractivity (Wildman–Crippen MR) is 231 cm³/mol. The molecule has 0 radical (unpaired) electrons. The molecule has 1 aromatic heterocycles. The molecule has 2 heteroatoms. The van der Waals surface area contributed by atoms with Gasteiger partial charge in [0.05, 0.1) is 11.0 Å². The van der Waals surface area contributed by atoms with E-state index in [0.29, 0.717) is 0 Å². The summed E-state index contributed by atoms with van der Waals surface area (Å²) in [6, 6.07) is 64.9. The normalized spacial score (nSPS) is 21.3. The lowest BCUT2D eigenvalue weighted by atomic mass is 9.56. The average molecular weight is 709 g/mol. The molecule has 2 nitrogen and oxygen atoms in total. The number of aromatic nitrogens is 1. The molecule has 8 aromatic rings. The van der Waals surface area contributed by atoms with Crippen LogP contribution in [0.25, 0.3) is 49.7 Å². The third kappa shape index (κ3) is 5.30. The maximum absolute atomic E-state index is 2.66. The summed E-state index contributed by atoms with van der Waals surface area (Å²) in [6.45, 7) is 2.48. The van der Waals surface area contributed by atoms with Gasteiger partial charge in [-0.05, 0) is 132 Å². The van der Waals surface area contributed by atoms with Gasteiger partial charge in [0, 0.05) is 38.9 Å². The van der Waals surface area contributed by atoms with Crippen molar-refractivity contribution in [1.29, 1.82) is 0 Å². The summed E-state index contributed by atoms with van der Waals surface area (Å²) >= 11 is 0. The summed E-state index contributed by atoms with van der Waals surface area (Å²) in [4.78, 5) is 2.43. The van der Waals surface area contributed by atoms with E-state index in [0.717, 1.165) is 17.8 Å². The van der Waals surface area contributed by atoms with Crippen LogP contribution in [-0.2, 0) is 5.41 Å². The minimum Gasteiger partial charge on any atom is -0.310 e. The van der Waals surface area contributed by atoms with Crippen LogP contribution in [0.4, 0.5) is 17.1 Å². The minimum atomic E-state index is 0.214. The SMILES string of the molecule is C[C@H]1CC2C[C@@H]3C=C2C(c2cccc(N(c4ccccc4)c4ccc(-c5ccc(-c6cccc(-n7c8ccccc8c8ccccc87)c6)cc5)cc4)c2)(C1)C3. The van der Waals surface area contributed by atoms with Gasteiger partial charge in [-0.3, -0.25) is 0 Å². The van der Waals surface area contributed by atoms with Crippen molar-refractivity contribution in [3.63, 3.8) is 0 Å². The van der Waals surface area contributed by atoms with Crippen molar-refractivity contribution in [2.45, 2.75) is 38.0 Å². The van der Waals surface area contributed by atoms with Crippen molar-refractivity contribution in [3.05, 3.63) is 193 Å². The maximum atomic E-state index is 2.66. The van der Waals surface area contributed by atoms with E-state index >= 15 is 0 Å². The first-order valence-corrected chi connectivity index (χ1v) is 20.1. The van der Waals surface area contributed by atoms with Crippen molar-refractivity contribution in [1.82, 2.24) is 4.57 Å². The van der Waals surface area contributed by atoms with Crippen molar-refractivity contribution < 1.29 is 0 Å². The van der Waals surface area contributed by atoms with E-state index in [1.165, 1.54) is 98.1 Å². The molecule has 55 heavy (non-hydrogen) atoms. The lowest BCUT2D eigenvalue weighted by molar-refractivity contribution is 0.188. The van der Waals surface area contributed by atoms with Gasteiger partial charge in [-0.15, -0.1) is 0 Å². The summed E-state index contributed by atoms with van der Waals surface area (Å²) in [6.07, 6.45) is 7.97. The van der Waals surface area contributed by atoms with E-state index in [4.69, 9.17) is 0 Å². The van der Waals surface area contributed by atoms with Crippen LogP contribution < -0.4 is 4.90 Å². The van der Waals surface area contributed by atoms with Crippen LogP contribution in [0.15, 0.2) is 188 Å². The maximum Gasteiger partial charge on any atom is 0.0541 e. The van der Waals surface area contributed by atoms with Gasteiger partial charge in [-0.25, -0.2) is 0 Å². The Morgan fingerprint density at radius 1 is 0.509 bits per heavy atom. The lowest BCUT2D eigenvalue weighted by Gasteiger charge is -2.47. The Hall–Kier alpha value is -6.12. The van der Waals surface area contributed by atoms with Crippen LogP contribution in [0.1, 0.15) is 38.2 Å². The lowest BCUT2D eigenvalue weighted by Crippen LogP contribution is -2.40. The number of hydrogen-bond acceptors (Lipinski definition) is 1. The molecule has 1 fully saturated rings. The molecule has 3 aliphatic rings. The second-order valence-electron chi connectivity index (χ2n) is 16.4. The van der Waals surface area contributed by atoms with Gasteiger partial charge in [0.2, 0.25) is 0 Å². The Morgan fingerprint density at radius 3 is 1.82 bits per heavy atom. The highest BCUT2D eigenvalue weighted by Crippen LogP contribution is 2.63. The number of hydrogen-bond donors (Lipinski definition) is 0. The van der Waals surface area contributed by atoms with E-state index in [2.05, 4.69) is 198 Å². The topological polar surface area (TPSA) is 8.17 Å². The van der Waals surface area contributed by atoms with Crippen LogP contribution in [0, 0.1) is 17.8 Å². The van der Waals surface area contributed by atoms with Gasteiger partial charge in [0.1, 0.15) is 0 Å². The van der Waals surface area contributed by atoms with Crippen LogP contribution >= 0.6 is 0 Å². The second kappa shape index (κ2) is 12.7. The Balaban J connectivity index is 0.900. The van der Waals surface area contributed by atoms with E-state index in [1.807, 2.05) is 0 Å². The summed E-state index contributed by atoms with van der Waals surface area (Å²) in [7, 11) is 0. The fourth-order valence-corrected chi connectivity index (χ4v) is 10.8. The van der Waals surface area contributed by atoms with E-state index < -0.39 is 0 Å². The predicted octanol–water partition coefficient (Wildman–Crippen LogP) is 14.2. The standard InChI is InChI=1S/C53H44N2/c1-36-29-42-30-37-31-50(42)53(34-36,35-37)43-12-10-16-47(33-43)54(44-13-3-2-4-14-44)45-27-25-39(26-28-45)38-21-23-40(24-22-38)41-11-9-15-46(32-41)55-51-19-7-5-17-48(51)49-18-6-8-20-52(49)55/h2-28,31-33,36-37,42H,29-30,34-35H2,1H3/t36-,37+,42?,53?/m0/s1. The smallest absolute Gasteiger partial charge is 0.0541 e. The number of anilines is 3. The Kier molecular flexibility index (Phi) is 7.49. The van der Waals surface area contributed by atoms with Crippen molar-refractivity contribution in [2.75, 3.05) is 4.90 Å². The first-order valence-electron chi connectivity index (χ1n) is 20.1. The van der Waals surface area contributed by atoms with E-state index in [-0.39, 0.29) is 5.41 Å². The van der Waals surface area contributed by atoms with Gasteiger partial charge < -0.3 is 9.47 Å². The zero-order valence-electron chi connectivity index (χ0n) is 31.3. The summed E-state index contributed by atoms with van der Waals surface area (Å²) in [5.41, 5.74) is 15.5. The van der Waals surface area contributed by atoms with Gasteiger partial charge in [0.15, 0.2) is 0 Å². The molecule has 11 rings (SSSR count). The molecule has 1 saturated carbocycles. The average Bonchev–Trinajstić information content (AvgIpc) is 3.92. The molecule has 0 spiro atoms. The number of para-hydroxylation sites is 3. The molecule has 0 aliphatic heterocycles. The van der Waals surface area contributed by atoms with E-state index in [9.17, 15) is 0 Å². The third-order valence-electron chi connectivity index (χ3n) is 13.0. The monoisotopic (exact) mass is 708 g/mol. The van der Waals surface area contributed by atoms with Crippen molar-refractivity contribution >= 4 is 38.9 Å². The molecule has 266 valence electrons. The summed E-state index contributed by atoms with van der Waals surface area (Å²) < 4.78 is 2.39. The molecular weight excluding hydrogens is 665 g/mol. The zero-order chi connectivity index (χ0) is 36.5. The highest BCUT2D eigenvalue weighted by atomic mass is 15.1. The van der Waals surface area contributed by atoms with Crippen LogP contribution in [-0.4, -0.2) is 4.57 Å². The Labute approximate surface area is 324 Å². The molecule has 1 heterocycles. The molecule has 2 unspecified atom stereocenters. The van der Waals surface area contributed by atoms with Crippen molar-refractivity contribution in [3.8, 4) is 27.9 Å². The molecule has 2 bridgehead atoms. The van der Waals surface area contributed by atoms with Crippen LogP contribution in [0.3, 0.4) is 0 Å². The number of nitrogens with zero attached hydrogens (tertiary/aromatic N) is 2. The Morgan fingerprint density at radius 2 is 1.11 bits per heavy atom. The van der Waals surface area contributed by atoms with Crippen LogP contribution in [0.5, 0.6) is 0 Å². The zero-order valence-corrected chi connectivity index (χ0v) is 31.3. The molecule has 3 aliphatic carbocycles. The highest BCUT2D eigenvalue weighted by Gasteiger charge is 2.53. The van der Waals surface area contributed by atoms with Gasteiger partial charge in [-0.1, -0.05) is 134 Å². The third-order valence-corrected chi connectivity index (χ3v) is 13.0. The largest absolute Gasteiger partial charge is 0.310 e. The van der Waals surface area contributed by atoms with Gasteiger partial charge in [0.25, 0.3) is 0 Å². The number of rotatable bonds is 7. The first-order chi connectivity index (χ1) is 27.1. The Bertz CT molecular complexity index is 2680. The molecular formula is C53H44N2. The number of benzene rings is 7. The summed E-state index contributed by atoms with van der Waals surface area (Å²) in [5.74, 6) is 2.32. The van der Waals surface area contributed by atoms with Crippen molar-refractivity contribution in [2.24, 2.45) is 17.8 Å². The summed E-state index contributed by atoms with van der Waals surface area (Å²) in [5, 5.41) is 2.56. The number of fused-ring (bicyclic) bond motifs is 4. The minimum absolute atomic E-state index is 0.214. The molecule has 7 aromatic carbocycles. The quantitative estimate of drug-likeness (QED) is 0.150. The van der Waals surface area contributed by atoms with Gasteiger partial charge >= 0.3 is 0 Å². The second-order valence-corrected chi connectivity index (χ2v) is 16.4. The number of allylic oxidation sites excluding steroid dienone is 2.